The molecule has 0 aliphatic heterocycles. The van der Waals surface area contributed by atoms with Crippen LogP contribution in [0, 0.1) is 0 Å². The summed E-state index contributed by atoms with van der Waals surface area (Å²) in [5.74, 6) is 0. The van der Waals surface area contributed by atoms with Gasteiger partial charge in [-0.1, -0.05) is 0 Å². The lowest BCUT2D eigenvalue weighted by Crippen LogP contribution is -2.18. The Morgan fingerprint density at radius 1 is 0.640 bits per heavy atom. The van der Waals surface area contributed by atoms with Crippen molar-refractivity contribution in [1.29, 1.82) is 0 Å². The van der Waals surface area contributed by atoms with E-state index in [1.165, 1.54) is 0 Å². The van der Waals surface area contributed by atoms with Crippen molar-refractivity contribution in [1.82, 2.24) is 10.6 Å². The van der Waals surface area contributed by atoms with E-state index in [2.05, 4.69) is 10.6 Å². The Labute approximate surface area is 151 Å². The van der Waals surface area contributed by atoms with Gasteiger partial charge in [-0.15, -0.1) is 0 Å². The quantitative estimate of drug-likeness (QED) is 0.131. The Bertz CT molecular complexity index is 280. The van der Waals surface area contributed by atoms with Gasteiger partial charge >= 0.3 is 10.4 Å². The van der Waals surface area contributed by atoms with Crippen LogP contribution in [0.25, 0.3) is 0 Å². The summed E-state index contributed by atoms with van der Waals surface area (Å²) in [6.45, 7) is 6.01. The first kappa shape index (κ1) is 29.4. The Morgan fingerprint density at radius 2 is 0.920 bits per heavy atom. The van der Waals surface area contributed by atoms with Gasteiger partial charge in [0.05, 0.1) is 0 Å². The fourth-order valence-corrected chi connectivity index (χ4v) is 1.45. The summed E-state index contributed by atoms with van der Waals surface area (Å²) in [4.78, 5) is 0. The maximum atomic E-state index is 8.74. The number of hydrogen-bond acceptors (Lipinski definition) is 8. The van der Waals surface area contributed by atoms with Crippen molar-refractivity contribution in [3.63, 3.8) is 0 Å². The summed E-state index contributed by atoms with van der Waals surface area (Å²) in [5, 5.41) is 23.2. The van der Waals surface area contributed by atoms with Crippen molar-refractivity contribution in [2.24, 2.45) is 11.5 Å². The summed E-state index contributed by atoms with van der Waals surface area (Å²) in [6.07, 6.45) is 6.16. The van der Waals surface area contributed by atoms with Crippen molar-refractivity contribution in [2.75, 3.05) is 52.5 Å². The third-order valence-electron chi connectivity index (χ3n) is 2.64. The molecule has 0 bridgehead atoms. The highest BCUT2D eigenvalue weighted by Gasteiger charge is 1.87. The zero-order chi connectivity index (χ0) is 19.8. The van der Waals surface area contributed by atoms with Crippen molar-refractivity contribution in [3.05, 3.63) is 0 Å². The second kappa shape index (κ2) is 25.9. The lowest BCUT2D eigenvalue weighted by Gasteiger charge is -2.00. The predicted octanol–water partition coefficient (Wildman–Crippen LogP) is -1.26. The van der Waals surface area contributed by atoms with Crippen LogP contribution >= 0.6 is 0 Å². The van der Waals surface area contributed by atoms with Gasteiger partial charge in [-0.25, -0.2) is 0 Å². The lowest BCUT2D eigenvalue weighted by atomic mass is 10.3. The van der Waals surface area contributed by atoms with Crippen LogP contribution in [0.1, 0.15) is 38.5 Å². The van der Waals surface area contributed by atoms with Crippen LogP contribution in [0.5, 0.6) is 0 Å². The predicted molar refractivity (Wildman–Crippen MR) is 99.9 cm³/mol. The van der Waals surface area contributed by atoms with Gasteiger partial charge in [-0.05, 0) is 77.8 Å². The summed E-state index contributed by atoms with van der Waals surface area (Å²) in [6, 6.07) is 0. The van der Waals surface area contributed by atoms with E-state index in [-0.39, 0.29) is 13.2 Å². The SMILES string of the molecule is NCCCCNCCCO.NCCCCNCCCO.O=S(=O)(O)O. The maximum absolute atomic E-state index is 8.74. The Hall–Kier alpha value is -0.370. The molecule has 0 aliphatic rings. The monoisotopic (exact) mass is 390 g/mol. The smallest absolute Gasteiger partial charge is 0.394 e. The van der Waals surface area contributed by atoms with Crippen molar-refractivity contribution >= 4 is 10.4 Å². The van der Waals surface area contributed by atoms with Gasteiger partial charge in [0, 0.05) is 13.2 Å². The van der Waals surface area contributed by atoms with E-state index in [0.29, 0.717) is 0 Å². The van der Waals surface area contributed by atoms with E-state index in [9.17, 15) is 0 Å². The zero-order valence-corrected chi connectivity index (χ0v) is 15.9. The average molecular weight is 391 g/mol. The Kier molecular flexibility index (Phi) is 30.4. The molecule has 0 radical (unpaired) electrons. The highest BCUT2D eigenvalue weighted by molar-refractivity contribution is 7.79. The number of hydrogen-bond donors (Lipinski definition) is 8. The van der Waals surface area contributed by atoms with Gasteiger partial charge < -0.3 is 32.3 Å². The number of nitrogens with one attached hydrogen (secondary N) is 2. The summed E-state index contributed by atoms with van der Waals surface area (Å²) >= 11 is 0. The van der Waals surface area contributed by atoms with Gasteiger partial charge in [0.25, 0.3) is 0 Å². The molecule has 0 rings (SSSR count). The van der Waals surface area contributed by atoms with E-state index in [1.807, 2.05) is 0 Å². The second-order valence-corrected chi connectivity index (χ2v) is 5.99. The molecule has 0 spiro atoms. The topological polar surface area (TPSA) is 191 Å². The molecule has 0 aromatic carbocycles. The number of nitrogens with two attached hydrogens (primary N) is 2. The number of aliphatic hydroxyl groups is 2. The molecule has 0 amide bonds. The molecule has 10 nitrogen and oxygen atoms in total. The van der Waals surface area contributed by atoms with Crippen LogP contribution < -0.4 is 22.1 Å². The number of aliphatic hydroxyl groups excluding tert-OH is 2. The molecule has 156 valence electrons. The molecule has 0 aromatic heterocycles. The standard InChI is InChI=1S/2C7H18N2O.H2O4S/c2*8-4-1-2-5-9-6-3-7-10;1-5(2,3)4/h2*9-10H,1-8H2;(H2,1,2,3,4). The van der Waals surface area contributed by atoms with Crippen molar-refractivity contribution in [2.45, 2.75) is 38.5 Å². The highest BCUT2D eigenvalue weighted by Crippen LogP contribution is 1.82. The first-order chi connectivity index (χ1) is 11.8. The molecule has 0 atom stereocenters. The molecule has 25 heavy (non-hydrogen) atoms. The number of unbranched alkanes of at least 4 members (excludes halogenated alkanes) is 2. The minimum atomic E-state index is -4.67. The molecular formula is C14H38N4O6S. The highest BCUT2D eigenvalue weighted by atomic mass is 32.3. The van der Waals surface area contributed by atoms with Gasteiger partial charge in [0.2, 0.25) is 0 Å². The minimum Gasteiger partial charge on any atom is -0.396 e. The van der Waals surface area contributed by atoms with E-state index in [4.69, 9.17) is 39.2 Å². The Balaban J connectivity index is -0.000000308. The van der Waals surface area contributed by atoms with E-state index < -0.39 is 10.4 Å². The van der Waals surface area contributed by atoms with Crippen LogP contribution in [0.2, 0.25) is 0 Å². The van der Waals surface area contributed by atoms with Gasteiger partial charge in [-0.3, -0.25) is 9.11 Å². The fraction of sp³-hybridized carbons (Fsp3) is 1.00. The zero-order valence-electron chi connectivity index (χ0n) is 15.1. The summed E-state index contributed by atoms with van der Waals surface area (Å²) < 4.78 is 31.6. The molecule has 0 aliphatic carbocycles. The lowest BCUT2D eigenvalue weighted by molar-refractivity contribution is 0.285. The van der Waals surface area contributed by atoms with E-state index >= 15 is 0 Å². The normalized spacial score (nSPS) is 10.5. The third kappa shape index (κ3) is 59.5. The van der Waals surface area contributed by atoms with Crippen LogP contribution in [0.4, 0.5) is 0 Å². The van der Waals surface area contributed by atoms with Gasteiger partial charge in [-0.2, -0.15) is 8.42 Å². The maximum Gasteiger partial charge on any atom is 0.394 e. The van der Waals surface area contributed by atoms with Gasteiger partial charge in [0.15, 0.2) is 0 Å². The first-order valence-corrected chi connectivity index (χ1v) is 9.96. The van der Waals surface area contributed by atoms with Gasteiger partial charge in [0.1, 0.15) is 0 Å². The van der Waals surface area contributed by atoms with Crippen molar-refractivity contribution < 1.29 is 27.7 Å². The van der Waals surface area contributed by atoms with E-state index in [1.54, 1.807) is 0 Å². The largest absolute Gasteiger partial charge is 0.396 e. The third-order valence-corrected chi connectivity index (χ3v) is 2.64. The van der Waals surface area contributed by atoms with Crippen LogP contribution in [0.3, 0.4) is 0 Å². The molecule has 0 saturated carbocycles. The van der Waals surface area contributed by atoms with Crippen LogP contribution in [0.15, 0.2) is 0 Å². The van der Waals surface area contributed by atoms with Crippen molar-refractivity contribution in [3.8, 4) is 0 Å². The molecule has 0 unspecified atom stereocenters. The fourth-order valence-electron chi connectivity index (χ4n) is 1.45. The van der Waals surface area contributed by atoms with Crippen LogP contribution in [-0.2, 0) is 10.4 Å². The number of rotatable bonds is 14. The molecule has 0 heterocycles. The average Bonchev–Trinajstić information content (AvgIpc) is 2.53. The van der Waals surface area contributed by atoms with E-state index in [0.717, 1.165) is 77.8 Å². The second-order valence-electron chi connectivity index (χ2n) is 5.09. The molecule has 0 aromatic rings. The molecule has 0 saturated heterocycles. The molecule has 11 heteroatoms. The minimum absolute atomic E-state index is 0.282. The molecular weight excluding hydrogens is 352 g/mol. The Morgan fingerprint density at radius 3 is 1.16 bits per heavy atom. The first-order valence-electron chi connectivity index (χ1n) is 8.56. The van der Waals surface area contributed by atoms with Crippen LogP contribution in [-0.4, -0.2) is 80.2 Å². The summed E-state index contributed by atoms with van der Waals surface area (Å²) in [5.41, 5.74) is 10.6. The summed E-state index contributed by atoms with van der Waals surface area (Å²) in [7, 11) is -4.67. The molecule has 0 fully saturated rings. The molecule has 10 N–H and O–H groups in total.